The number of carbonyl (C=O) groups excluding carboxylic acids is 1. The van der Waals surface area contributed by atoms with Gasteiger partial charge in [0.2, 0.25) is 6.41 Å². The van der Waals surface area contributed by atoms with E-state index in [1.165, 1.54) is 17.7 Å². The van der Waals surface area contributed by atoms with Crippen molar-refractivity contribution in [1.82, 2.24) is 4.90 Å². The van der Waals surface area contributed by atoms with Gasteiger partial charge in [0, 0.05) is 13.1 Å². The maximum atomic E-state index is 12.7. The second-order valence-electron chi connectivity index (χ2n) is 4.00. The average Bonchev–Trinajstić information content (AvgIpc) is 2.33. The van der Waals surface area contributed by atoms with E-state index < -0.39 is 0 Å². The first-order valence-corrected chi connectivity index (χ1v) is 5.42. The van der Waals surface area contributed by atoms with Gasteiger partial charge in [0.25, 0.3) is 0 Å². The van der Waals surface area contributed by atoms with Crippen LogP contribution in [0.15, 0.2) is 29.8 Å². The standard InChI is InChI=1S/C13H14FNO.ClH/c14-13-3-1-11(2-4-13)9-12-5-7-15(10-16)8-6-12;/h1-4,9-10H,5-8H2;1H. The molecule has 17 heavy (non-hydrogen) atoms. The molecule has 1 fully saturated rings. The third-order valence-electron chi connectivity index (χ3n) is 2.83. The second-order valence-corrected chi connectivity index (χ2v) is 4.00. The number of hydrogen-bond acceptors (Lipinski definition) is 1. The summed E-state index contributed by atoms with van der Waals surface area (Å²) in [4.78, 5) is 12.3. The number of halogens is 2. The van der Waals surface area contributed by atoms with E-state index in [2.05, 4.69) is 6.08 Å². The molecule has 0 radical (unpaired) electrons. The number of carbonyl (C=O) groups is 1. The van der Waals surface area contributed by atoms with Crippen molar-refractivity contribution in [3.8, 4) is 0 Å². The summed E-state index contributed by atoms with van der Waals surface area (Å²) in [5, 5.41) is 0. The van der Waals surface area contributed by atoms with E-state index in [1.807, 2.05) is 0 Å². The lowest BCUT2D eigenvalue weighted by Gasteiger charge is -2.24. The van der Waals surface area contributed by atoms with E-state index in [0.717, 1.165) is 37.9 Å². The predicted molar refractivity (Wildman–Crippen MR) is 68.5 cm³/mol. The summed E-state index contributed by atoms with van der Waals surface area (Å²) in [5.41, 5.74) is 2.35. The SMILES string of the molecule is Cl.O=CN1CCC(=Cc2ccc(F)cc2)CC1. The Morgan fingerprint density at radius 2 is 1.71 bits per heavy atom. The summed E-state index contributed by atoms with van der Waals surface area (Å²) in [6.45, 7) is 1.58. The Hall–Kier alpha value is -1.35. The lowest BCUT2D eigenvalue weighted by Crippen LogP contribution is -2.29. The summed E-state index contributed by atoms with van der Waals surface area (Å²) in [6, 6.07) is 6.47. The quantitative estimate of drug-likeness (QED) is 0.744. The Labute approximate surface area is 107 Å². The van der Waals surface area contributed by atoms with E-state index in [-0.39, 0.29) is 18.2 Å². The van der Waals surface area contributed by atoms with Crippen LogP contribution in [0.2, 0.25) is 0 Å². The number of likely N-dealkylation sites (tertiary alicyclic amines) is 1. The normalized spacial score (nSPS) is 15.1. The molecule has 2 rings (SSSR count). The van der Waals surface area contributed by atoms with Gasteiger partial charge in [-0.2, -0.15) is 0 Å². The minimum atomic E-state index is -0.210. The van der Waals surface area contributed by atoms with Gasteiger partial charge in [0.1, 0.15) is 5.82 Å². The van der Waals surface area contributed by atoms with Crippen LogP contribution in [0.1, 0.15) is 18.4 Å². The van der Waals surface area contributed by atoms with Gasteiger partial charge in [-0.05, 0) is 30.5 Å². The number of piperidine rings is 1. The molecule has 0 aromatic heterocycles. The Bertz CT molecular complexity index is 392. The van der Waals surface area contributed by atoms with Gasteiger partial charge in [0.15, 0.2) is 0 Å². The van der Waals surface area contributed by atoms with Crippen LogP contribution in [-0.2, 0) is 4.79 Å². The molecule has 2 nitrogen and oxygen atoms in total. The topological polar surface area (TPSA) is 20.3 Å². The Morgan fingerprint density at radius 1 is 1.12 bits per heavy atom. The number of amides is 1. The highest BCUT2D eigenvalue weighted by atomic mass is 35.5. The number of nitrogens with zero attached hydrogens (tertiary/aromatic N) is 1. The molecule has 1 aliphatic heterocycles. The van der Waals surface area contributed by atoms with Gasteiger partial charge in [-0.15, -0.1) is 12.4 Å². The highest BCUT2D eigenvalue weighted by molar-refractivity contribution is 5.85. The third kappa shape index (κ3) is 3.86. The molecule has 0 aliphatic carbocycles. The monoisotopic (exact) mass is 255 g/mol. The summed E-state index contributed by atoms with van der Waals surface area (Å²) < 4.78 is 12.7. The highest BCUT2D eigenvalue weighted by Crippen LogP contribution is 2.18. The first-order valence-electron chi connectivity index (χ1n) is 5.42. The van der Waals surface area contributed by atoms with Crippen molar-refractivity contribution < 1.29 is 9.18 Å². The molecule has 0 bridgehead atoms. The number of benzene rings is 1. The zero-order valence-electron chi connectivity index (χ0n) is 9.43. The van der Waals surface area contributed by atoms with Gasteiger partial charge in [-0.25, -0.2) is 4.39 Å². The van der Waals surface area contributed by atoms with Crippen molar-refractivity contribution in [3.05, 3.63) is 41.2 Å². The number of hydrogen-bond donors (Lipinski definition) is 0. The molecular weight excluding hydrogens is 241 g/mol. The van der Waals surface area contributed by atoms with Crippen molar-refractivity contribution in [2.75, 3.05) is 13.1 Å². The molecular formula is C13H15ClFNO. The smallest absolute Gasteiger partial charge is 0.209 e. The molecule has 0 atom stereocenters. The van der Waals surface area contributed by atoms with Crippen LogP contribution in [0.25, 0.3) is 6.08 Å². The zero-order chi connectivity index (χ0) is 11.4. The largest absolute Gasteiger partial charge is 0.345 e. The molecule has 1 saturated heterocycles. The third-order valence-corrected chi connectivity index (χ3v) is 2.83. The van der Waals surface area contributed by atoms with Gasteiger partial charge >= 0.3 is 0 Å². The Balaban J connectivity index is 0.00000144. The molecule has 1 heterocycles. The van der Waals surface area contributed by atoms with E-state index >= 15 is 0 Å². The van der Waals surface area contributed by atoms with Crippen LogP contribution < -0.4 is 0 Å². The lowest BCUT2D eigenvalue weighted by molar-refractivity contribution is -0.118. The molecule has 1 aromatic carbocycles. The van der Waals surface area contributed by atoms with Crippen molar-refractivity contribution >= 4 is 24.9 Å². The summed E-state index contributed by atoms with van der Waals surface area (Å²) in [6.07, 6.45) is 4.81. The zero-order valence-corrected chi connectivity index (χ0v) is 10.3. The molecule has 0 N–H and O–H groups in total. The molecule has 1 amide bonds. The predicted octanol–water partition coefficient (Wildman–Crippen LogP) is 2.88. The molecule has 0 unspecified atom stereocenters. The van der Waals surface area contributed by atoms with Gasteiger partial charge < -0.3 is 4.90 Å². The number of rotatable bonds is 2. The highest BCUT2D eigenvalue weighted by Gasteiger charge is 2.11. The van der Waals surface area contributed by atoms with E-state index in [0.29, 0.717) is 0 Å². The van der Waals surface area contributed by atoms with Crippen molar-refractivity contribution in [2.45, 2.75) is 12.8 Å². The van der Waals surface area contributed by atoms with Crippen LogP contribution in [-0.4, -0.2) is 24.4 Å². The maximum absolute atomic E-state index is 12.7. The maximum Gasteiger partial charge on any atom is 0.209 e. The molecule has 92 valence electrons. The van der Waals surface area contributed by atoms with Crippen LogP contribution in [0.4, 0.5) is 4.39 Å². The van der Waals surface area contributed by atoms with Gasteiger partial charge in [0.05, 0.1) is 0 Å². The van der Waals surface area contributed by atoms with Gasteiger partial charge in [-0.3, -0.25) is 4.79 Å². The fourth-order valence-electron chi connectivity index (χ4n) is 1.86. The van der Waals surface area contributed by atoms with Crippen LogP contribution >= 0.6 is 12.4 Å². The first kappa shape index (κ1) is 13.7. The molecule has 0 saturated carbocycles. The molecule has 1 aliphatic rings. The van der Waals surface area contributed by atoms with E-state index in [9.17, 15) is 9.18 Å². The lowest BCUT2D eigenvalue weighted by atomic mass is 10.0. The minimum absolute atomic E-state index is 0. The van der Waals surface area contributed by atoms with Crippen LogP contribution in [0, 0.1) is 5.82 Å². The first-order chi connectivity index (χ1) is 7.78. The summed E-state index contributed by atoms with van der Waals surface area (Å²) >= 11 is 0. The molecule has 0 spiro atoms. The van der Waals surface area contributed by atoms with Crippen molar-refractivity contribution in [3.63, 3.8) is 0 Å². The fourth-order valence-corrected chi connectivity index (χ4v) is 1.86. The van der Waals surface area contributed by atoms with Crippen LogP contribution in [0.3, 0.4) is 0 Å². The molecule has 1 aromatic rings. The van der Waals surface area contributed by atoms with E-state index in [1.54, 1.807) is 17.0 Å². The Kier molecular flexibility index (Phi) is 5.16. The molecule has 4 heteroatoms. The Morgan fingerprint density at radius 3 is 2.24 bits per heavy atom. The summed E-state index contributed by atoms with van der Waals surface area (Å²) in [7, 11) is 0. The van der Waals surface area contributed by atoms with E-state index in [4.69, 9.17) is 0 Å². The average molecular weight is 256 g/mol. The van der Waals surface area contributed by atoms with Crippen molar-refractivity contribution in [1.29, 1.82) is 0 Å². The summed E-state index contributed by atoms with van der Waals surface area (Å²) in [5.74, 6) is -0.210. The minimum Gasteiger partial charge on any atom is -0.345 e. The van der Waals surface area contributed by atoms with Gasteiger partial charge in [-0.1, -0.05) is 23.8 Å². The van der Waals surface area contributed by atoms with Crippen molar-refractivity contribution in [2.24, 2.45) is 0 Å². The fraction of sp³-hybridized carbons (Fsp3) is 0.308. The second kappa shape index (κ2) is 6.40. The van der Waals surface area contributed by atoms with Crippen LogP contribution in [0.5, 0.6) is 0 Å².